The number of aromatic hydroxyl groups is 1. The molecule has 0 bridgehead atoms. The van der Waals surface area contributed by atoms with Gasteiger partial charge in [-0.05, 0) is 31.5 Å². The van der Waals surface area contributed by atoms with Gasteiger partial charge in [0.25, 0.3) is 11.5 Å². The predicted molar refractivity (Wildman–Crippen MR) is 156 cm³/mol. The molecule has 4 heterocycles. The molecule has 1 aliphatic rings. The number of nitrogens with two attached hydrogens (primary N) is 1. The van der Waals surface area contributed by atoms with Crippen LogP contribution in [0.3, 0.4) is 0 Å². The van der Waals surface area contributed by atoms with Crippen molar-refractivity contribution in [3.8, 4) is 16.9 Å². The van der Waals surface area contributed by atoms with Gasteiger partial charge in [-0.2, -0.15) is 0 Å². The fourth-order valence-corrected chi connectivity index (χ4v) is 5.17. The summed E-state index contributed by atoms with van der Waals surface area (Å²) in [6.45, 7) is 5.58. The minimum Gasteiger partial charge on any atom is -0.506 e. The van der Waals surface area contributed by atoms with Gasteiger partial charge in [-0.3, -0.25) is 14.4 Å². The Kier molecular flexibility index (Phi) is 7.41. The number of rotatable bonds is 6. The molecule has 1 saturated heterocycles. The molecule has 0 atom stereocenters. The van der Waals surface area contributed by atoms with E-state index in [-0.39, 0.29) is 44.3 Å². The average Bonchev–Trinajstić information content (AvgIpc) is 3.26. The Morgan fingerprint density at radius 2 is 1.95 bits per heavy atom. The molecule has 5 rings (SSSR count). The lowest BCUT2D eigenvalue weighted by Crippen LogP contribution is -2.48. The zero-order chi connectivity index (χ0) is 29.6. The van der Waals surface area contributed by atoms with Crippen LogP contribution in [0.4, 0.5) is 11.5 Å². The highest BCUT2D eigenvalue weighted by Gasteiger charge is 2.28. The van der Waals surface area contributed by atoms with Crippen LogP contribution in [0.15, 0.2) is 41.7 Å². The van der Waals surface area contributed by atoms with E-state index in [1.54, 1.807) is 19.3 Å². The number of carbonyl (C=O) groups is 2. The number of pyridine rings is 1. The molecule has 3 aromatic heterocycles. The molecule has 214 valence electrons. The fraction of sp³-hybridized carbons (Fsp3) is 0.296. The number of carbonyl (C=O) groups excluding carboxylic acids is 2. The van der Waals surface area contributed by atoms with E-state index in [2.05, 4.69) is 20.2 Å². The quantitative estimate of drug-likeness (QED) is 0.305. The van der Waals surface area contributed by atoms with Crippen LogP contribution in [-0.2, 0) is 23.1 Å². The topological polar surface area (TPSA) is 158 Å². The van der Waals surface area contributed by atoms with Crippen LogP contribution < -0.4 is 21.5 Å². The molecule has 1 aliphatic heterocycles. The van der Waals surface area contributed by atoms with Crippen molar-refractivity contribution in [3.05, 3.63) is 62.9 Å². The third kappa shape index (κ3) is 5.58. The van der Waals surface area contributed by atoms with Crippen LogP contribution in [0, 0.1) is 0 Å². The summed E-state index contributed by atoms with van der Waals surface area (Å²) in [4.78, 5) is 49.1. The Bertz CT molecular complexity index is 1770. The number of anilines is 2. The minimum atomic E-state index is -0.894. The first-order valence-corrected chi connectivity index (χ1v) is 13.3. The van der Waals surface area contributed by atoms with Crippen molar-refractivity contribution in [2.75, 3.05) is 29.9 Å². The monoisotopic (exact) mass is 599 g/mol. The molecule has 0 aliphatic carbocycles. The van der Waals surface area contributed by atoms with Gasteiger partial charge in [0.1, 0.15) is 23.8 Å². The number of aryl methyl sites for hydroxylation is 1. The number of amides is 2. The van der Waals surface area contributed by atoms with Crippen molar-refractivity contribution in [2.45, 2.75) is 26.0 Å². The Balaban J connectivity index is 1.49. The van der Waals surface area contributed by atoms with Gasteiger partial charge in [-0.1, -0.05) is 23.2 Å². The second kappa shape index (κ2) is 10.7. The SMILES string of the molecule is Cn1cnc2c(c(-c3cc(Cl)c(O)c(C(N)=O)c3)cn2CC(=O)Nc2cc(N3CCOC(C)(C)C3)ncc2Cl)c1=O. The van der Waals surface area contributed by atoms with E-state index in [4.69, 9.17) is 33.7 Å². The van der Waals surface area contributed by atoms with Crippen molar-refractivity contribution in [1.29, 1.82) is 0 Å². The third-order valence-electron chi connectivity index (χ3n) is 6.76. The first-order valence-electron chi connectivity index (χ1n) is 12.6. The smallest absolute Gasteiger partial charge is 0.263 e. The Morgan fingerprint density at radius 1 is 1.20 bits per heavy atom. The fourth-order valence-electron chi connectivity index (χ4n) is 4.80. The van der Waals surface area contributed by atoms with E-state index in [0.29, 0.717) is 42.3 Å². The highest BCUT2D eigenvalue weighted by molar-refractivity contribution is 6.34. The van der Waals surface area contributed by atoms with Gasteiger partial charge in [0.05, 0.1) is 51.4 Å². The van der Waals surface area contributed by atoms with E-state index in [1.807, 2.05) is 13.8 Å². The molecule has 4 aromatic rings. The molecule has 0 spiro atoms. The van der Waals surface area contributed by atoms with Crippen molar-refractivity contribution in [1.82, 2.24) is 19.1 Å². The van der Waals surface area contributed by atoms with Gasteiger partial charge in [0, 0.05) is 38.0 Å². The zero-order valence-corrected chi connectivity index (χ0v) is 24.0. The van der Waals surface area contributed by atoms with Crippen LogP contribution in [0.25, 0.3) is 22.2 Å². The molecule has 4 N–H and O–H groups in total. The van der Waals surface area contributed by atoms with E-state index >= 15 is 0 Å². The van der Waals surface area contributed by atoms with E-state index < -0.39 is 17.6 Å². The van der Waals surface area contributed by atoms with Crippen LogP contribution in [0.5, 0.6) is 5.75 Å². The number of hydrogen-bond donors (Lipinski definition) is 3. The summed E-state index contributed by atoms with van der Waals surface area (Å²) in [7, 11) is 1.54. The lowest BCUT2D eigenvalue weighted by atomic mass is 10.0. The lowest BCUT2D eigenvalue weighted by molar-refractivity contribution is -0.116. The molecule has 41 heavy (non-hydrogen) atoms. The molecule has 0 radical (unpaired) electrons. The van der Waals surface area contributed by atoms with Crippen LogP contribution >= 0.6 is 23.2 Å². The number of hydrogen-bond acceptors (Lipinski definition) is 8. The zero-order valence-electron chi connectivity index (χ0n) is 22.4. The number of primary amides is 1. The average molecular weight is 600 g/mol. The maximum atomic E-state index is 13.2. The molecule has 2 amide bonds. The molecule has 1 aromatic carbocycles. The number of morpholine rings is 1. The number of benzene rings is 1. The van der Waals surface area contributed by atoms with Crippen molar-refractivity contribution < 1.29 is 19.4 Å². The largest absolute Gasteiger partial charge is 0.506 e. The summed E-state index contributed by atoms with van der Waals surface area (Å²) in [5, 5.41) is 13.3. The van der Waals surface area contributed by atoms with Gasteiger partial charge in [-0.25, -0.2) is 9.97 Å². The van der Waals surface area contributed by atoms with Gasteiger partial charge >= 0.3 is 0 Å². The first-order chi connectivity index (χ1) is 19.3. The maximum absolute atomic E-state index is 13.2. The molecule has 0 saturated carbocycles. The highest BCUT2D eigenvalue weighted by Crippen LogP contribution is 2.36. The first kappa shape index (κ1) is 28.4. The Labute approximate surface area is 244 Å². The van der Waals surface area contributed by atoms with Crippen molar-refractivity contribution in [3.63, 3.8) is 0 Å². The number of nitrogens with one attached hydrogen (secondary N) is 1. The number of halogens is 2. The predicted octanol–water partition coefficient (Wildman–Crippen LogP) is 3.16. The lowest BCUT2D eigenvalue weighted by Gasteiger charge is -2.38. The summed E-state index contributed by atoms with van der Waals surface area (Å²) in [5.74, 6) is -1.14. The molecule has 14 heteroatoms. The van der Waals surface area contributed by atoms with E-state index in [9.17, 15) is 19.5 Å². The van der Waals surface area contributed by atoms with Crippen molar-refractivity contribution in [2.24, 2.45) is 12.8 Å². The standard InChI is InChI=1S/C27H27Cl2N7O5/c1-27(2)12-35(4-5-41-27)20-8-19(18(29)9-31-20)33-21(37)11-36-10-16(22-25(36)32-13-34(3)26(22)40)14-6-15(24(30)39)23(38)17(28)7-14/h6-10,13,38H,4-5,11-12H2,1-3H3,(H2,30,39)(H,31,33,37). The number of ether oxygens (including phenoxy) is 1. The Hall–Kier alpha value is -4.13. The van der Waals surface area contributed by atoms with Gasteiger partial charge < -0.3 is 34.9 Å². The summed E-state index contributed by atoms with van der Waals surface area (Å²) in [5.41, 5.74) is 5.77. The summed E-state index contributed by atoms with van der Waals surface area (Å²) in [6, 6.07) is 4.44. The maximum Gasteiger partial charge on any atom is 0.263 e. The van der Waals surface area contributed by atoms with Gasteiger partial charge in [-0.15, -0.1) is 0 Å². The minimum absolute atomic E-state index is 0.123. The highest BCUT2D eigenvalue weighted by atomic mass is 35.5. The van der Waals surface area contributed by atoms with Gasteiger partial charge in [0.2, 0.25) is 5.91 Å². The molecule has 0 unspecified atom stereocenters. The van der Waals surface area contributed by atoms with E-state index in [0.717, 1.165) is 0 Å². The summed E-state index contributed by atoms with van der Waals surface area (Å²) < 4.78 is 8.57. The summed E-state index contributed by atoms with van der Waals surface area (Å²) >= 11 is 12.5. The number of phenols is 1. The number of fused-ring (bicyclic) bond motifs is 1. The van der Waals surface area contributed by atoms with Gasteiger partial charge in [0.15, 0.2) is 0 Å². The number of aromatic nitrogens is 4. The van der Waals surface area contributed by atoms with Crippen LogP contribution in [0.1, 0.15) is 24.2 Å². The van der Waals surface area contributed by atoms with Crippen LogP contribution in [-0.4, -0.2) is 61.3 Å². The molecule has 1 fully saturated rings. The number of nitrogens with zero attached hydrogens (tertiary/aromatic N) is 5. The molecular formula is C27H27Cl2N7O5. The Morgan fingerprint density at radius 3 is 2.66 bits per heavy atom. The van der Waals surface area contributed by atoms with Crippen molar-refractivity contribution >= 4 is 57.6 Å². The second-order valence-corrected chi connectivity index (χ2v) is 11.2. The normalized spacial score (nSPS) is 14.8. The third-order valence-corrected chi connectivity index (χ3v) is 7.35. The van der Waals surface area contributed by atoms with Crippen LogP contribution in [0.2, 0.25) is 10.0 Å². The molecular weight excluding hydrogens is 573 g/mol. The second-order valence-electron chi connectivity index (χ2n) is 10.3. The van der Waals surface area contributed by atoms with E-state index in [1.165, 1.54) is 33.8 Å². The molecule has 12 nitrogen and oxygen atoms in total. The summed E-state index contributed by atoms with van der Waals surface area (Å²) in [6.07, 6.45) is 4.38.